The molecule has 2 heterocycles. The molecule has 24 heavy (non-hydrogen) atoms. The first kappa shape index (κ1) is 16.2. The summed E-state index contributed by atoms with van der Waals surface area (Å²) >= 11 is 0. The molecule has 0 radical (unpaired) electrons. The predicted octanol–water partition coefficient (Wildman–Crippen LogP) is 2.50. The zero-order valence-corrected chi connectivity index (χ0v) is 13.2. The summed E-state index contributed by atoms with van der Waals surface area (Å²) < 4.78 is 33.8. The molecule has 5 nitrogen and oxygen atoms in total. The summed E-state index contributed by atoms with van der Waals surface area (Å²) in [5.74, 6) is -1.14. The number of aromatic nitrogens is 2. The molecular formula is C17H17F2N3O2. The lowest BCUT2D eigenvalue weighted by atomic mass is 10.2. The van der Waals surface area contributed by atoms with Gasteiger partial charge >= 0.3 is 5.69 Å². The second-order valence-electron chi connectivity index (χ2n) is 5.56. The van der Waals surface area contributed by atoms with Crippen LogP contribution >= 0.6 is 0 Å². The summed E-state index contributed by atoms with van der Waals surface area (Å²) in [6.07, 6.45) is 1.78. The topological polar surface area (TPSA) is 47.4 Å². The normalized spacial score (nSPS) is 14.4. The summed E-state index contributed by atoms with van der Waals surface area (Å²) in [5, 5.41) is 0. The molecule has 0 bridgehead atoms. The number of rotatable bonds is 5. The number of anilines is 1. The molecule has 0 saturated heterocycles. The van der Waals surface area contributed by atoms with Crippen molar-refractivity contribution < 1.29 is 13.5 Å². The Morgan fingerprint density at radius 3 is 2.96 bits per heavy atom. The fourth-order valence-electron chi connectivity index (χ4n) is 2.67. The average molecular weight is 333 g/mol. The number of hydrogen-bond acceptors (Lipinski definition) is 4. The van der Waals surface area contributed by atoms with Crippen LogP contribution in [-0.2, 0) is 13.2 Å². The van der Waals surface area contributed by atoms with Crippen LogP contribution in [-0.4, -0.2) is 22.1 Å². The predicted molar refractivity (Wildman–Crippen MR) is 86.2 cm³/mol. The number of fused-ring (bicyclic) bond motifs is 1. The molecular weight excluding hydrogens is 316 g/mol. The van der Waals surface area contributed by atoms with Gasteiger partial charge < -0.3 is 9.64 Å². The van der Waals surface area contributed by atoms with E-state index in [9.17, 15) is 13.6 Å². The average Bonchev–Trinajstić information content (AvgIpc) is 3.00. The monoisotopic (exact) mass is 333 g/mol. The van der Waals surface area contributed by atoms with Crippen molar-refractivity contribution in [3.8, 4) is 5.88 Å². The van der Waals surface area contributed by atoms with Crippen LogP contribution in [0.4, 0.5) is 14.6 Å². The number of halogens is 2. The Kier molecular flexibility index (Phi) is 4.33. The molecule has 0 saturated carbocycles. The largest absolute Gasteiger partial charge is 0.472 e. The Labute approximate surface area is 137 Å². The van der Waals surface area contributed by atoms with Crippen molar-refractivity contribution in [2.24, 2.45) is 0 Å². The van der Waals surface area contributed by atoms with Gasteiger partial charge in [-0.2, -0.15) is 4.98 Å². The molecule has 3 rings (SSSR count). The van der Waals surface area contributed by atoms with E-state index in [1.807, 2.05) is 11.8 Å². The number of nitrogens with zero attached hydrogens (tertiary/aromatic N) is 3. The van der Waals surface area contributed by atoms with Gasteiger partial charge in [0.05, 0.1) is 0 Å². The third-order valence-electron chi connectivity index (χ3n) is 4.06. The van der Waals surface area contributed by atoms with E-state index in [-0.39, 0.29) is 24.1 Å². The van der Waals surface area contributed by atoms with Gasteiger partial charge in [0.15, 0.2) is 11.6 Å². The van der Waals surface area contributed by atoms with E-state index >= 15 is 0 Å². The SMILES string of the molecule is C=CC(C)N1CCn2c1cc(OCc1cccc(F)c1F)nc2=O. The summed E-state index contributed by atoms with van der Waals surface area (Å²) in [4.78, 5) is 18.0. The maximum atomic E-state index is 13.7. The Morgan fingerprint density at radius 1 is 1.42 bits per heavy atom. The van der Waals surface area contributed by atoms with Crippen molar-refractivity contribution in [2.75, 3.05) is 11.4 Å². The van der Waals surface area contributed by atoms with Gasteiger partial charge in [0.25, 0.3) is 0 Å². The summed E-state index contributed by atoms with van der Waals surface area (Å²) in [5.41, 5.74) is -0.366. The van der Waals surface area contributed by atoms with Gasteiger partial charge in [-0.05, 0) is 13.0 Å². The number of ether oxygens (including phenoxy) is 1. The van der Waals surface area contributed by atoms with Crippen molar-refractivity contribution in [3.05, 3.63) is 64.6 Å². The van der Waals surface area contributed by atoms with Crippen molar-refractivity contribution in [1.29, 1.82) is 0 Å². The van der Waals surface area contributed by atoms with E-state index in [2.05, 4.69) is 11.6 Å². The molecule has 1 aromatic heterocycles. The zero-order valence-electron chi connectivity index (χ0n) is 13.2. The first-order valence-electron chi connectivity index (χ1n) is 7.58. The molecule has 126 valence electrons. The maximum Gasteiger partial charge on any atom is 0.352 e. The van der Waals surface area contributed by atoms with E-state index in [4.69, 9.17) is 4.74 Å². The van der Waals surface area contributed by atoms with Crippen LogP contribution in [0.2, 0.25) is 0 Å². The molecule has 1 aliphatic heterocycles. The summed E-state index contributed by atoms with van der Waals surface area (Å²) in [6.45, 7) is 6.73. The summed E-state index contributed by atoms with van der Waals surface area (Å²) in [6, 6.07) is 5.54. The van der Waals surface area contributed by atoms with Crippen molar-refractivity contribution >= 4 is 5.82 Å². The van der Waals surface area contributed by atoms with Crippen molar-refractivity contribution in [2.45, 2.75) is 26.1 Å². The Morgan fingerprint density at radius 2 is 2.21 bits per heavy atom. The lowest BCUT2D eigenvalue weighted by molar-refractivity contribution is 0.283. The maximum absolute atomic E-state index is 13.7. The first-order chi connectivity index (χ1) is 11.5. The molecule has 7 heteroatoms. The fraction of sp³-hybridized carbons (Fsp3) is 0.294. The number of benzene rings is 1. The highest BCUT2D eigenvalue weighted by molar-refractivity contribution is 5.47. The molecule has 0 spiro atoms. The third kappa shape index (κ3) is 2.89. The highest BCUT2D eigenvalue weighted by atomic mass is 19.2. The van der Waals surface area contributed by atoms with Crippen LogP contribution in [0.15, 0.2) is 41.7 Å². The third-order valence-corrected chi connectivity index (χ3v) is 4.06. The number of hydrogen-bond donors (Lipinski definition) is 0. The van der Waals surface area contributed by atoms with Gasteiger partial charge in [-0.1, -0.05) is 18.2 Å². The Balaban J connectivity index is 1.85. The minimum atomic E-state index is -0.961. The first-order valence-corrected chi connectivity index (χ1v) is 7.58. The van der Waals surface area contributed by atoms with Crippen LogP contribution in [0, 0.1) is 11.6 Å². The second-order valence-corrected chi connectivity index (χ2v) is 5.56. The molecule has 2 aromatic rings. The quantitative estimate of drug-likeness (QED) is 0.789. The highest BCUT2D eigenvalue weighted by Gasteiger charge is 2.24. The molecule has 1 aromatic carbocycles. The Bertz CT molecular complexity index is 835. The van der Waals surface area contributed by atoms with E-state index < -0.39 is 17.3 Å². The second kappa shape index (κ2) is 6.43. The smallest absolute Gasteiger partial charge is 0.352 e. The van der Waals surface area contributed by atoms with Gasteiger partial charge in [0, 0.05) is 30.8 Å². The zero-order chi connectivity index (χ0) is 17.3. The highest BCUT2D eigenvalue weighted by Crippen LogP contribution is 2.25. The van der Waals surface area contributed by atoms with Crippen LogP contribution in [0.3, 0.4) is 0 Å². The van der Waals surface area contributed by atoms with Crippen LogP contribution < -0.4 is 15.3 Å². The molecule has 1 aliphatic rings. The minimum absolute atomic E-state index is 0.0501. The van der Waals surface area contributed by atoms with Crippen molar-refractivity contribution in [1.82, 2.24) is 9.55 Å². The van der Waals surface area contributed by atoms with Crippen LogP contribution in [0.5, 0.6) is 5.88 Å². The van der Waals surface area contributed by atoms with Gasteiger partial charge in [0.2, 0.25) is 5.88 Å². The molecule has 0 N–H and O–H groups in total. The van der Waals surface area contributed by atoms with E-state index in [1.165, 1.54) is 12.1 Å². The van der Waals surface area contributed by atoms with Crippen LogP contribution in [0.1, 0.15) is 12.5 Å². The van der Waals surface area contributed by atoms with Crippen LogP contribution in [0.25, 0.3) is 0 Å². The minimum Gasteiger partial charge on any atom is -0.472 e. The van der Waals surface area contributed by atoms with E-state index in [0.717, 1.165) is 6.07 Å². The molecule has 0 aliphatic carbocycles. The fourth-order valence-corrected chi connectivity index (χ4v) is 2.67. The molecule has 0 amide bonds. The van der Waals surface area contributed by atoms with E-state index in [0.29, 0.717) is 18.9 Å². The Hall–Kier alpha value is -2.70. The molecule has 0 fully saturated rings. The summed E-state index contributed by atoms with van der Waals surface area (Å²) in [7, 11) is 0. The van der Waals surface area contributed by atoms with Gasteiger partial charge in [-0.15, -0.1) is 6.58 Å². The molecule has 1 atom stereocenters. The lowest BCUT2D eigenvalue weighted by Crippen LogP contribution is -2.30. The standard InChI is InChI=1S/C17H17F2N3O2/c1-3-11(2)21-7-8-22-15(21)9-14(20-17(22)23)24-10-12-5-4-6-13(18)16(12)19/h3-6,9,11H,1,7-8,10H2,2H3. The van der Waals surface area contributed by atoms with E-state index in [1.54, 1.807) is 16.7 Å². The lowest BCUT2D eigenvalue weighted by Gasteiger charge is -2.23. The van der Waals surface area contributed by atoms with Gasteiger partial charge in [0.1, 0.15) is 12.4 Å². The van der Waals surface area contributed by atoms with Gasteiger partial charge in [-0.3, -0.25) is 4.57 Å². The van der Waals surface area contributed by atoms with Crippen molar-refractivity contribution in [3.63, 3.8) is 0 Å². The van der Waals surface area contributed by atoms with Gasteiger partial charge in [-0.25, -0.2) is 13.6 Å². The molecule has 1 unspecified atom stereocenters.